The van der Waals surface area contributed by atoms with Crippen LogP contribution in [-0.4, -0.2) is 51.8 Å². The Morgan fingerprint density at radius 3 is 2.55 bits per heavy atom. The van der Waals surface area contributed by atoms with E-state index >= 15 is 0 Å². The molecule has 0 aliphatic heterocycles. The van der Waals surface area contributed by atoms with Crippen molar-refractivity contribution in [2.24, 2.45) is 0 Å². The van der Waals surface area contributed by atoms with Crippen LogP contribution in [0.5, 0.6) is 0 Å². The van der Waals surface area contributed by atoms with Crippen LogP contribution in [0.3, 0.4) is 0 Å². The number of amides is 1. The standard InChI is InChI=1S/C18H12FN5O.C3H9N/c19-15-5-4-13(22-11-25)7-14(15)17-10-24-9-12(8-21-18(24)23-17)16-3-1-2-6-20-16;1-4(2)3/h1-11H,(H,22,25);1-3H3. The Morgan fingerprint density at radius 1 is 1.07 bits per heavy atom. The van der Waals surface area contributed by atoms with E-state index in [0.717, 1.165) is 11.3 Å². The molecule has 148 valence electrons. The van der Waals surface area contributed by atoms with Gasteiger partial charge in [0.25, 0.3) is 0 Å². The molecule has 0 atom stereocenters. The van der Waals surface area contributed by atoms with E-state index in [1.54, 1.807) is 23.0 Å². The summed E-state index contributed by atoms with van der Waals surface area (Å²) in [4.78, 5) is 25.5. The Morgan fingerprint density at radius 2 is 1.86 bits per heavy atom. The molecule has 0 saturated heterocycles. The molecule has 1 aromatic carbocycles. The average molecular weight is 392 g/mol. The predicted octanol–water partition coefficient (Wildman–Crippen LogP) is 3.34. The minimum atomic E-state index is -0.426. The number of hydrogen-bond donors (Lipinski definition) is 1. The highest BCUT2D eigenvalue weighted by Gasteiger charge is 2.12. The number of benzene rings is 1. The second-order valence-electron chi connectivity index (χ2n) is 6.69. The quantitative estimate of drug-likeness (QED) is 0.539. The van der Waals surface area contributed by atoms with Crippen molar-refractivity contribution in [3.05, 3.63) is 67.0 Å². The zero-order chi connectivity index (χ0) is 20.8. The maximum absolute atomic E-state index is 14.2. The first-order chi connectivity index (χ1) is 14.0. The third kappa shape index (κ3) is 4.99. The van der Waals surface area contributed by atoms with Crippen LogP contribution in [0, 0.1) is 5.82 Å². The smallest absolute Gasteiger partial charge is 0.234 e. The lowest BCUT2D eigenvalue weighted by Gasteiger charge is -2.03. The molecule has 3 heterocycles. The van der Waals surface area contributed by atoms with Crippen LogP contribution < -0.4 is 5.32 Å². The third-order valence-electron chi connectivity index (χ3n) is 3.74. The van der Waals surface area contributed by atoms with Gasteiger partial charge in [-0.2, -0.15) is 0 Å². The number of carbonyl (C=O) groups is 1. The summed E-state index contributed by atoms with van der Waals surface area (Å²) in [5.74, 6) is 0.0210. The number of hydrogen-bond acceptors (Lipinski definition) is 5. The number of fused-ring (bicyclic) bond motifs is 1. The number of nitrogens with zero attached hydrogens (tertiary/aromatic N) is 5. The normalized spacial score (nSPS) is 10.5. The van der Waals surface area contributed by atoms with E-state index in [-0.39, 0.29) is 5.56 Å². The van der Waals surface area contributed by atoms with Gasteiger partial charge in [-0.25, -0.2) is 14.4 Å². The zero-order valence-electron chi connectivity index (χ0n) is 16.4. The number of aromatic nitrogens is 4. The van der Waals surface area contributed by atoms with Crippen LogP contribution in [-0.2, 0) is 4.79 Å². The van der Waals surface area contributed by atoms with E-state index in [4.69, 9.17) is 0 Å². The molecule has 4 rings (SSSR count). The van der Waals surface area contributed by atoms with Crippen molar-refractivity contribution in [1.82, 2.24) is 24.3 Å². The number of carbonyl (C=O) groups excluding carboxylic acids is 1. The fourth-order valence-electron chi connectivity index (χ4n) is 2.56. The Hall–Kier alpha value is -3.65. The van der Waals surface area contributed by atoms with Gasteiger partial charge in [-0.05, 0) is 51.5 Å². The van der Waals surface area contributed by atoms with Crippen LogP contribution in [0.1, 0.15) is 0 Å². The van der Waals surface area contributed by atoms with Crippen LogP contribution in [0.2, 0.25) is 0 Å². The summed E-state index contributed by atoms with van der Waals surface area (Å²) in [6.07, 6.45) is 7.46. The van der Waals surface area contributed by atoms with Crippen molar-refractivity contribution in [3.63, 3.8) is 0 Å². The minimum absolute atomic E-state index is 0.289. The molecule has 1 N–H and O–H groups in total. The molecule has 8 heteroatoms. The molecule has 0 aliphatic carbocycles. The summed E-state index contributed by atoms with van der Waals surface area (Å²) in [5, 5.41) is 2.50. The third-order valence-corrected chi connectivity index (χ3v) is 3.74. The number of anilines is 1. The highest BCUT2D eigenvalue weighted by atomic mass is 19.1. The molecule has 3 aromatic heterocycles. The fourth-order valence-corrected chi connectivity index (χ4v) is 2.56. The van der Waals surface area contributed by atoms with Crippen molar-refractivity contribution >= 4 is 17.9 Å². The molecule has 1 amide bonds. The monoisotopic (exact) mass is 392 g/mol. The molecular formula is C21H21FN6O. The molecule has 0 spiro atoms. The summed E-state index contributed by atoms with van der Waals surface area (Å²) in [6.45, 7) is 0. The summed E-state index contributed by atoms with van der Waals surface area (Å²) in [5.41, 5.74) is 2.82. The first-order valence-corrected chi connectivity index (χ1v) is 8.85. The Labute approximate surface area is 167 Å². The van der Waals surface area contributed by atoms with Gasteiger partial charge < -0.3 is 10.2 Å². The Bertz CT molecular complexity index is 1110. The molecule has 0 unspecified atom stereocenters. The number of imidazole rings is 1. The van der Waals surface area contributed by atoms with Crippen molar-refractivity contribution in [2.45, 2.75) is 0 Å². The van der Waals surface area contributed by atoms with E-state index in [1.807, 2.05) is 50.4 Å². The number of pyridine rings is 1. The summed E-state index contributed by atoms with van der Waals surface area (Å²) >= 11 is 0. The van der Waals surface area contributed by atoms with Gasteiger partial charge in [-0.3, -0.25) is 14.2 Å². The molecular weight excluding hydrogens is 371 g/mol. The van der Waals surface area contributed by atoms with E-state index in [9.17, 15) is 9.18 Å². The molecule has 0 fully saturated rings. The van der Waals surface area contributed by atoms with Crippen LogP contribution in [0.25, 0.3) is 28.3 Å². The maximum atomic E-state index is 14.2. The van der Waals surface area contributed by atoms with Gasteiger partial charge in [-0.15, -0.1) is 0 Å². The molecule has 0 saturated carbocycles. The lowest BCUT2D eigenvalue weighted by molar-refractivity contribution is -0.105. The van der Waals surface area contributed by atoms with Gasteiger partial charge in [0.1, 0.15) is 5.82 Å². The van der Waals surface area contributed by atoms with Crippen molar-refractivity contribution in [2.75, 3.05) is 26.5 Å². The number of nitrogens with one attached hydrogen (secondary N) is 1. The second-order valence-corrected chi connectivity index (χ2v) is 6.69. The molecule has 29 heavy (non-hydrogen) atoms. The Balaban J connectivity index is 0.000000552. The van der Waals surface area contributed by atoms with E-state index in [1.165, 1.54) is 18.2 Å². The predicted molar refractivity (Wildman–Crippen MR) is 111 cm³/mol. The van der Waals surface area contributed by atoms with Gasteiger partial charge >= 0.3 is 0 Å². The summed E-state index contributed by atoms with van der Waals surface area (Å²) in [6, 6.07) is 9.93. The lowest BCUT2D eigenvalue weighted by atomic mass is 10.1. The second kappa shape index (κ2) is 9.03. The molecule has 7 nitrogen and oxygen atoms in total. The van der Waals surface area contributed by atoms with E-state index in [2.05, 4.69) is 20.3 Å². The first kappa shape index (κ1) is 20.1. The van der Waals surface area contributed by atoms with Gasteiger partial charge in [0, 0.05) is 41.6 Å². The van der Waals surface area contributed by atoms with Gasteiger partial charge in [0.15, 0.2) is 0 Å². The first-order valence-electron chi connectivity index (χ1n) is 8.85. The molecule has 0 radical (unpaired) electrons. The van der Waals surface area contributed by atoms with Crippen LogP contribution >= 0.6 is 0 Å². The van der Waals surface area contributed by atoms with Crippen molar-refractivity contribution in [1.29, 1.82) is 0 Å². The van der Waals surface area contributed by atoms with Crippen LogP contribution in [0.15, 0.2) is 61.2 Å². The topological polar surface area (TPSA) is 75.4 Å². The van der Waals surface area contributed by atoms with Gasteiger partial charge in [0.2, 0.25) is 12.2 Å². The number of rotatable bonds is 4. The molecule has 0 bridgehead atoms. The molecule has 4 aromatic rings. The highest BCUT2D eigenvalue weighted by molar-refractivity contribution is 5.75. The largest absolute Gasteiger partial charge is 0.329 e. The zero-order valence-corrected chi connectivity index (χ0v) is 16.4. The summed E-state index contributed by atoms with van der Waals surface area (Å²) < 4.78 is 15.9. The maximum Gasteiger partial charge on any atom is 0.234 e. The van der Waals surface area contributed by atoms with Crippen LogP contribution in [0.4, 0.5) is 10.1 Å². The van der Waals surface area contributed by atoms with Crippen molar-refractivity contribution < 1.29 is 9.18 Å². The highest BCUT2D eigenvalue weighted by Crippen LogP contribution is 2.26. The summed E-state index contributed by atoms with van der Waals surface area (Å²) in [7, 11) is 6.00. The van der Waals surface area contributed by atoms with E-state index in [0.29, 0.717) is 23.6 Å². The Kier molecular flexibility index (Phi) is 6.25. The number of halogens is 1. The van der Waals surface area contributed by atoms with Gasteiger partial charge in [0.05, 0.1) is 11.4 Å². The average Bonchev–Trinajstić information content (AvgIpc) is 3.13. The van der Waals surface area contributed by atoms with E-state index < -0.39 is 5.82 Å². The SMILES string of the molecule is CN(C)C.O=CNc1ccc(F)c(-c2cn3cc(-c4ccccn4)cnc3n2)c1. The molecule has 0 aliphatic rings. The lowest BCUT2D eigenvalue weighted by Crippen LogP contribution is -1.99. The minimum Gasteiger partial charge on any atom is -0.329 e. The fraction of sp³-hybridized carbons (Fsp3) is 0.143. The van der Waals surface area contributed by atoms with Crippen molar-refractivity contribution in [3.8, 4) is 22.5 Å². The van der Waals surface area contributed by atoms with Gasteiger partial charge in [-0.1, -0.05) is 6.07 Å².